The van der Waals surface area contributed by atoms with Crippen LogP contribution in [-0.2, 0) is 0 Å². The van der Waals surface area contributed by atoms with Crippen molar-refractivity contribution < 1.29 is 17.9 Å². The first-order valence-corrected chi connectivity index (χ1v) is 7.59. The molecule has 1 saturated heterocycles. The summed E-state index contributed by atoms with van der Waals surface area (Å²) in [6.07, 6.45) is -4.69. The zero-order valence-corrected chi connectivity index (χ0v) is 13.5. The molecular weight excluding hydrogens is 349 g/mol. The predicted molar refractivity (Wildman–Crippen MR) is 79.7 cm³/mol. The highest BCUT2D eigenvalue weighted by Gasteiger charge is 2.33. The van der Waals surface area contributed by atoms with E-state index < -0.39 is 6.36 Å². The highest BCUT2D eigenvalue weighted by Crippen LogP contribution is 2.36. The lowest BCUT2D eigenvalue weighted by atomic mass is 10.0. The molecule has 7 heteroatoms. The Morgan fingerprint density at radius 1 is 1.38 bits per heavy atom. The van der Waals surface area contributed by atoms with Gasteiger partial charge < -0.3 is 15.0 Å². The summed E-state index contributed by atoms with van der Waals surface area (Å²) >= 11 is 3.18. The number of rotatable bonds is 3. The Balaban J connectivity index is 2.26. The van der Waals surface area contributed by atoms with Crippen LogP contribution in [0.5, 0.6) is 5.75 Å². The van der Waals surface area contributed by atoms with Crippen molar-refractivity contribution in [3.8, 4) is 5.75 Å². The van der Waals surface area contributed by atoms with Crippen molar-refractivity contribution in [3.63, 3.8) is 0 Å². The normalized spacial score (nSPS) is 20.0. The van der Waals surface area contributed by atoms with Gasteiger partial charge in [0.15, 0.2) is 5.75 Å². The zero-order chi connectivity index (χ0) is 15.6. The quantitative estimate of drug-likeness (QED) is 0.880. The van der Waals surface area contributed by atoms with Gasteiger partial charge in [-0.25, -0.2) is 0 Å². The molecule has 3 nitrogen and oxygen atoms in total. The van der Waals surface area contributed by atoms with Gasteiger partial charge in [0.1, 0.15) is 0 Å². The molecule has 0 bridgehead atoms. The standard InChI is InChI=1S/C14H18BrF3N2O/c1-9(2)11-8-20(6-5-19-11)12-4-3-10(15)7-13(12)21-14(16,17)18/h3-4,7,9,11,19H,5-6,8H2,1-2H3. The molecule has 1 aliphatic heterocycles. The third kappa shape index (κ3) is 4.51. The molecule has 0 aliphatic carbocycles. The van der Waals surface area contributed by atoms with Crippen LogP contribution in [0.2, 0.25) is 0 Å². The van der Waals surface area contributed by atoms with Crippen molar-refractivity contribution in [2.24, 2.45) is 5.92 Å². The first-order valence-electron chi connectivity index (χ1n) is 6.80. The molecule has 0 aromatic heterocycles. The molecule has 1 unspecified atom stereocenters. The molecule has 0 saturated carbocycles. The lowest BCUT2D eigenvalue weighted by Crippen LogP contribution is -2.53. The molecule has 21 heavy (non-hydrogen) atoms. The molecule has 2 rings (SSSR count). The minimum absolute atomic E-state index is 0.165. The Labute approximate surface area is 130 Å². The summed E-state index contributed by atoms with van der Waals surface area (Å²) < 4.78 is 42.4. The summed E-state index contributed by atoms with van der Waals surface area (Å²) in [7, 11) is 0. The third-order valence-corrected chi connectivity index (χ3v) is 3.99. The molecular formula is C14H18BrF3N2O. The second-order valence-electron chi connectivity index (χ2n) is 5.41. The number of alkyl halides is 3. The number of nitrogens with one attached hydrogen (secondary N) is 1. The van der Waals surface area contributed by atoms with Crippen LogP contribution in [-0.4, -0.2) is 32.0 Å². The van der Waals surface area contributed by atoms with Crippen LogP contribution in [0.4, 0.5) is 18.9 Å². The van der Waals surface area contributed by atoms with Crippen LogP contribution < -0.4 is 15.0 Å². The van der Waals surface area contributed by atoms with Gasteiger partial charge in [-0.2, -0.15) is 0 Å². The Morgan fingerprint density at radius 2 is 2.10 bits per heavy atom. The van der Waals surface area contributed by atoms with E-state index in [1.807, 2.05) is 4.90 Å². The van der Waals surface area contributed by atoms with Crippen LogP contribution in [0, 0.1) is 5.92 Å². The van der Waals surface area contributed by atoms with Gasteiger partial charge in [-0.05, 0) is 24.1 Å². The Morgan fingerprint density at radius 3 is 2.71 bits per heavy atom. The number of nitrogens with zero attached hydrogens (tertiary/aromatic N) is 1. The van der Waals surface area contributed by atoms with Gasteiger partial charge in [0, 0.05) is 30.1 Å². The van der Waals surface area contributed by atoms with Crippen LogP contribution in [0.1, 0.15) is 13.8 Å². The molecule has 1 aromatic rings. The summed E-state index contributed by atoms with van der Waals surface area (Å²) in [6, 6.07) is 5.00. The molecule has 1 aromatic carbocycles. The maximum atomic E-state index is 12.6. The fourth-order valence-electron chi connectivity index (χ4n) is 2.40. The van der Waals surface area contributed by atoms with Gasteiger partial charge >= 0.3 is 6.36 Å². The molecule has 1 heterocycles. The zero-order valence-electron chi connectivity index (χ0n) is 11.9. The highest BCUT2D eigenvalue weighted by atomic mass is 79.9. The number of benzene rings is 1. The van der Waals surface area contributed by atoms with Crippen LogP contribution in [0.15, 0.2) is 22.7 Å². The maximum absolute atomic E-state index is 12.6. The van der Waals surface area contributed by atoms with Crippen molar-refractivity contribution in [3.05, 3.63) is 22.7 Å². The minimum atomic E-state index is -4.69. The van der Waals surface area contributed by atoms with E-state index >= 15 is 0 Å². The fraction of sp³-hybridized carbons (Fsp3) is 0.571. The molecule has 1 fully saturated rings. The second-order valence-corrected chi connectivity index (χ2v) is 6.33. The molecule has 0 radical (unpaired) electrons. The van der Waals surface area contributed by atoms with Gasteiger partial charge in [0.25, 0.3) is 0 Å². The SMILES string of the molecule is CC(C)C1CN(c2ccc(Br)cc2OC(F)(F)F)CCN1. The molecule has 1 N–H and O–H groups in total. The van der Waals surface area contributed by atoms with E-state index in [1.165, 1.54) is 6.07 Å². The number of hydrogen-bond donors (Lipinski definition) is 1. The fourth-order valence-corrected chi connectivity index (χ4v) is 2.74. The van der Waals surface area contributed by atoms with Crippen LogP contribution in [0.25, 0.3) is 0 Å². The van der Waals surface area contributed by atoms with Crippen molar-refractivity contribution >= 4 is 21.6 Å². The van der Waals surface area contributed by atoms with E-state index in [9.17, 15) is 13.2 Å². The Hall–Kier alpha value is -0.950. The van der Waals surface area contributed by atoms with E-state index in [-0.39, 0.29) is 11.8 Å². The maximum Gasteiger partial charge on any atom is 0.573 e. The highest BCUT2D eigenvalue weighted by molar-refractivity contribution is 9.10. The summed E-state index contributed by atoms with van der Waals surface area (Å²) in [5.74, 6) is 0.247. The van der Waals surface area contributed by atoms with E-state index in [1.54, 1.807) is 12.1 Å². The van der Waals surface area contributed by atoms with E-state index in [0.717, 1.165) is 6.54 Å². The monoisotopic (exact) mass is 366 g/mol. The van der Waals surface area contributed by atoms with Crippen molar-refractivity contribution in [1.29, 1.82) is 0 Å². The topological polar surface area (TPSA) is 24.5 Å². The predicted octanol–water partition coefficient (Wildman–Crippen LogP) is 3.78. The van der Waals surface area contributed by atoms with Crippen molar-refractivity contribution in [2.45, 2.75) is 26.3 Å². The lowest BCUT2D eigenvalue weighted by molar-refractivity contribution is -0.274. The van der Waals surface area contributed by atoms with Gasteiger partial charge in [0.2, 0.25) is 0 Å². The van der Waals surface area contributed by atoms with Crippen molar-refractivity contribution in [1.82, 2.24) is 5.32 Å². The van der Waals surface area contributed by atoms with Gasteiger partial charge in [-0.15, -0.1) is 13.2 Å². The summed E-state index contributed by atoms with van der Waals surface area (Å²) in [6.45, 7) is 6.24. The van der Waals surface area contributed by atoms with E-state index in [2.05, 4.69) is 39.8 Å². The third-order valence-electron chi connectivity index (χ3n) is 3.50. The smallest absolute Gasteiger partial charge is 0.404 e. The van der Waals surface area contributed by atoms with Crippen LogP contribution >= 0.6 is 15.9 Å². The molecule has 118 valence electrons. The van der Waals surface area contributed by atoms with Crippen molar-refractivity contribution in [2.75, 3.05) is 24.5 Å². The van der Waals surface area contributed by atoms with Gasteiger partial charge in [0.05, 0.1) is 5.69 Å². The summed E-state index contributed by atoms with van der Waals surface area (Å²) in [4.78, 5) is 1.94. The molecule has 1 atom stereocenters. The van der Waals surface area contributed by atoms with Gasteiger partial charge in [-0.1, -0.05) is 29.8 Å². The number of piperazine rings is 1. The molecule has 0 amide bonds. The Kier molecular flexibility index (Phi) is 5.03. The van der Waals surface area contributed by atoms with Gasteiger partial charge in [-0.3, -0.25) is 0 Å². The minimum Gasteiger partial charge on any atom is -0.404 e. The first kappa shape index (κ1) is 16.4. The lowest BCUT2D eigenvalue weighted by Gasteiger charge is -2.37. The number of hydrogen-bond acceptors (Lipinski definition) is 3. The molecule has 0 spiro atoms. The number of halogens is 4. The summed E-state index contributed by atoms with van der Waals surface area (Å²) in [5.41, 5.74) is 0.475. The van der Waals surface area contributed by atoms with E-state index in [4.69, 9.17) is 0 Å². The number of anilines is 1. The average molecular weight is 367 g/mol. The second kappa shape index (κ2) is 6.44. The van der Waals surface area contributed by atoms with Crippen LogP contribution in [0.3, 0.4) is 0 Å². The number of ether oxygens (including phenoxy) is 1. The van der Waals surface area contributed by atoms with E-state index in [0.29, 0.717) is 29.2 Å². The largest absolute Gasteiger partial charge is 0.573 e. The molecule has 1 aliphatic rings. The Bertz CT molecular complexity index is 494. The average Bonchev–Trinajstić information content (AvgIpc) is 2.37. The summed E-state index contributed by atoms with van der Waals surface area (Å²) in [5, 5.41) is 3.38. The first-order chi connectivity index (χ1) is 9.76.